The molecule has 0 saturated carbocycles. The zero-order valence-corrected chi connectivity index (χ0v) is 15.5. The van der Waals surface area contributed by atoms with E-state index in [1.165, 1.54) is 0 Å². The van der Waals surface area contributed by atoms with Crippen LogP contribution in [0.3, 0.4) is 0 Å². The van der Waals surface area contributed by atoms with Crippen molar-refractivity contribution in [3.8, 4) is 0 Å². The lowest BCUT2D eigenvalue weighted by Gasteiger charge is -2.35. The van der Waals surface area contributed by atoms with Crippen LogP contribution in [0.5, 0.6) is 0 Å². The number of hydrogen-bond donors (Lipinski definition) is 1. The Morgan fingerprint density at radius 2 is 1.77 bits per heavy atom. The summed E-state index contributed by atoms with van der Waals surface area (Å²) in [4.78, 5) is 40.2. The average Bonchev–Trinajstić information content (AvgIpc) is 2.87. The van der Waals surface area contributed by atoms with Crippen LogP contribution in [-0.4, -0.2) is 53.3 Å². The molecular formula is C20H27N3O3. The third kappa shape index (κ3) is 4.23. The normalized spacial score (nSPS) is 26.2. The smallest absolute Gasteiger partial charge is 0.325 e. The molecule has 26 heavy (non-hydrogen) atoms. The highest BCUT2D eigenvalue weighted by Gasteiger charge is 2.39. The summed E-state index contributed by atoms with van der Waals surface area (Å²) in [5.74, 6) is 0.460. The molecule has 1 aromatic rings. The monoisotopic (exact) mass is 357 g/mol. The summed E-state index contributed by atoms with van der Waals surface area (Å²) in [6.45, 7) is 5.49. The zero-order chi connectivity index (χ0) is 18.7. The van der Waals surface area contributed by atoms with Gasteiger partial charge in [0, 0.05) is 13.1 Å². The van der Waals surface area contributed by atoms with Crippen LogP contribution in [0.4, 0.5) is 4.79 Å². The van der Waals surface area contributed by atoms with Crippen molar-refractivity contribution < 1.29 is 14.4 Å². The summed E-state index contributed by atoms with van der Waals surface area (Å²) in [7, 11) is 0. The number of imide groups is 1. The molecule has 4 amide bonds. The van der Waals surface area contributed by atoms with E-state index in [2.05, 4.69) is 19.2 Å². The topological polar surface area (TPSA) is 69.7 Å². The number of rotatable bonds is 5. The third-order valence-electron chi connectivity index (χ3n) is 5.19. The summed E-state index contributed by atoms with van der Waals surface area (Å²) >= 11 is 0. The molecule has 0 aromatic heterocycles. The van der Waals surface area contributed by atoms with E-state index in [0.717, 1.165) is 16.9 Å². The van der Waals surface area contributed by atoms with E-state index in [-0.39, 0.29) is 18.4 Å². The van der Waals surface area contributed by atoms with Gasteiger partial charge in [-0.15, -0.1) is 0 Å². The summed E-state index contributed by atoms with van der Waals surface area (Å²) in [6, 6.07) is 8.85. The Morgan fingerprint density at radius 3 is 2.42 bits per heavy atom. The maximum atomic E-state index is 12.6. The second kappa shape index (κ2) is 7.89. The molecule has 3 atom stereocenters. The van der Waals surface area contributed by atoms with E-state index in [1.54, 1.807) is 4.90 Å². The number of piperidine rings is 1. The van der Waals surface area contributed by atoms with E-state index in [0.29, 0.717) is 37.8 Å². The lowest BCUT2D eigenvalue weighted by atomic mass is 9.92. The standard InChI is InChI=1S/C20H27N3O3/c1-14-10-15(2)12-22(11-14)18(24)13-23-19(25)17(21-20(23)26)9-8-16-6-4-3-5-7-16/h3-7,14-15,17H,8-13H2,1-2H3,(H,21,26)/t14-,15-,17+/m1/s1. The molecule has 3 rings (SSSR count). The van der Waals surface area contributed by atoms with Gasteiger partial charge in [-0.05, 0) is 36.7 Å². The first-order valence-electron chi connectivity index (χ1n) is 9.37. The second-order valence-corrected chi connectivity index (χ2v) is 7.70. The van der Waals surface area contributed by atoms with Crippen LogP contribution in [0.2, 0.25) is 0 Å². The van der Waals surface area contributed by atoms with Crippen LogP contribution >= 0.6 is 0 Å². The number of urea groups is 1. The van der Waals surface area contributed by atoms with Crippen molar-refractivity contribution in [1.82, 2.24) is 15.1 Å². The number of amides is 4. The average molecular weight is 357 g/mol. The maximum absolute atomic E-state index is 12.6. The molecular weight excluding hydrogens is 330 g/mol. The highest BCUT2D eigenvalue weighted by Crippen LogP contribution is 2.21. The Labute approximate surface area is 154 Å². The zero-order valence-electron chi connectivity index (χ0n) is 15.5. The van der Waals surface area contributed by atoms with Gasteiger partial charge in [-0.3, -0.25) is 14.5 Å². The number of nitrogens with one attached hydrogen (secondary N) is 1. The van der Waals surface area contributed by atoms with Gasteiger partial charge < -0.3 is 10.2 Å². The van der Waals surface area contributed by atoms with Crippen molar-refractivity contribution in [2.75, 3.05) is 19.6 Å². The van der Waals surface area contributed by atoms with Crippen LogP contribution in [0, 0.1) is 11.8 Å². The van der Waals surface area contributed by atoms with Gasteiger partial charge in [0.05, 0.1) is 0 Å². The van der Waals surface area contributed by atoms with E-state index in [9.17, 15) is 14.4 Å². The minimum Gasteiger partial charge on any atom is -0.341 e. The highest BCUT2D eigenvalue weighted by molar-refractivity contribution is 6.06. The Morgan fingerprint density at radius 1 is 1.12 bits per heavy atom. The molecule has 2 aliphatic heterocycles. The van der Waals surface area contributed by atoms with Gasteiger partial charge in [-0.1, -0.05) is 44.2 Å². The predicted octanol–water partition coefficient (Wildman–Crippen LogP) is 2.04. The van der Waals surface area contributed by atoms with Crippen LogP contribution in [-0.2, 0) is 16.0 Å². The van der Waals surface area contributed by atoms with E-state index in [1.807, 2.05) is 30.3 Å². The number of carbonyl (C=O) groups excluding carboxylic acids is 3. The number of carbonyl (C=O) groups is 3. The first kappa shape index (κ1) is 18.4. The lowest BCUT2D eigenvalue weighted by molar-refractivity contribution is -0.139. The van der Waals surface area contributed by atoms with Crippen molar-refractivity contribution >= 4 is 17.8 Å². The first-order valence-corrected chi connectivity index (χ1v) is 9.37. The maximum Gasteiger partial charge on any atom is 0.325 e. The van der Waals surface area contributed by atoms with Crippen LogP contribution in [0.25, 0.3) is 0 Å². The molecule has 0 radical (unpaired) electrons. The second-order valence-electron chi connectivity index (χ2n) is 7.70. The molecule has 6 heteroatoms. The largest absolute Gasteiger partial charge is 0.341 e. The van der Waals surface area contributed by atoms with Gasteiger partial charge in [0.1, 0.15) is 12.6 Å². The Bertz CT molecular complexity index is 666. The van der Waals surface area contributed by atoms with Gasteiger partial charge in [0.2, 0.25) is 5.91 Å². The minimum absolute atomic E-state index is 0.143. The Kier molecular flexibility index (Phi) is 5.59. The quantitative estimate of drug-likeness (QED) is 0.820. The van der Waals surface area contributed by atoms with Crippen molar-refractivity contribution in [2.45, 2.75) is 39.2 Å². The van der Waals surface area contributed by atoms with E-state index < -0.39 is 12.1 Å². The lowest BCUT2D eigenvalue weighted by Crippen LogP contribution is -2.48. The van der Waals surface area contributed by atoms with Gasteiger partial charge in [-0.25, -0.2) is 4.79 Å². The van der Waals surface area contributed by atoms with Crippen molar-refractivity contribution in [3.05, 3.63) is 35.9 Å². The summed E-state index contributed by atoms with van der Waals surface area (Å²) in [6.07, 6.45) is 2.35. The molecule has 2 heterocycles. The molecule has 1 N–H and O–H groups in total. The molecule has 0 unspecified atom stereocenters. The van der Waals surface area contributed by atoms with Crippen molar-refractivity contribution in [1.29, 1.82) is 0 Å². The fourth-order valence-electron chi connectivity index (χ4n) is 3.98. The summed E-state index contributed by atoms with van der Waals surface area (Å²) < 4.78 is 0. The molecule has 6 nitrogen and oxygen atoms in total. The molecule has 0 bridgehead atoms. The highest BCUT2D eigenvalue weighted by atomic mass is 16.2. The van der Waals surface area contributed by atoms with Gasteiger partial charge >= 0.3 is 6.03 Å². The van der Waals surface area contributed by atoms with Crippen LogP contribution in [0.15, 0.2) is 30.3 Å². The SMILES string of the molecule is C[C@@H]1C[C@@H](C)CN(C(=O)CN2C(=O)N[C@@H](CCc3ccccc3)C2=O)C1. The predicted molar refractivity (Wildman–Crippen MR) is 98.3 cm³/mol. The fraction of sp³-hybridized carbons (Fsp3) is 0.550. The number of likely N-dealkylation sites (tertiary alicyclic amines) is 1. The van der Waals surface area contributed by atoms with E-state index >= 15 is 0 Å². The fourth-order valence-corrected chi connectivity index (χ4v) is 3.98. The van der Waals surface area contributed by atoms with Gasteiger partial charge in [0.25, 0.3) is 5.91 Å². The minimum atomic E-state index is -0.547. The number of aryl methyl sites for hydroxylation is 1. The van der Waals surface area contributed by atoms with Crippen LogP contribution < -0.4 is 5.32 Å². The number of nitrogens with zero attached hydrogens (tertiary/aromatic N) is 2. The molecule has 2 fully saturated rings. The molecule has 2 saturated heterocycles. The molecule has 1 aromatic carbocycles. The van der Waals surface area contributed by atoms with Crippen LogP contribution in [0.1, 0.15) is 32.3 Å². The third-order valence-corrected chi connectivity index (χ3v) is 5.19. The van der Waals surface area contributed by atoms with Gasteiger partial charge in [0.15, 0.2) is 0 Å². The summed E-state index contributed by atoms with van der Waals surface area (Å²) in [5.41, 5.74) is 1.13. The molecule has 140 valence electrons. The van der Waals surface area contributed by atoms with Gasteiger partial charge in [-0.2, -0.15) is 0 Å². The molecule has 0 aliphatic carbocycles. The number of hydrogen-bond acceptors (Lipinski definition) is 3. The van der Waals surface area contributed by atoms with E-state index in [4.69, 9.17) is 0 Å². The van der Waals surface area contributed by atoms with Crippen molar-refractivity contribution in [2.24, 2.45) is 11.8 Å². The van der Waals surface area contributed by atoms with Crippen molar-refractivity contribution in [3.63, 3.8) is 0 Å². The molecule has 0 spiro atoms. The summed E-state index contributed by atoms with van der Waals surface area (Å²) in [5, 5.41) is 2.72. The Balaban J connectivity index is 1.56. The Hall–Kier alpha value is -2.37. The molecule has 2 aliphatic rings. The number of benzene rings is 1. The first-order chi connectivity index (χ1) is 12.4.